The van der Waals surface area contributed by atoms with Crippen molar-refractivity contribution in [2.24, 2.45) is 17.7 Å². The van der Waals surface area contributed by atoms with E-state index < -0.39 is 0 Å². The zero-order valence-electron chi connectivity index (χ0n) is 11.7. The number of hydrogen-bond acceptors (Lipinski definition) is 3. The second kappa shape index (κ2) is 6.35. The van der Waals surface area contributed by atoms with Crippen LogP contribution in [0.15, 0.2) is 18.2 Å². The second-order valence-corrected chi connectivity index (χ2v) is 5.59. The van der Waals surface area contributed by atoms with Crippen molar-refractivity contribution >= 4 is 0 Å². The normalized spacial score (nSPS) is 24.4. The van der Waals surface area contributed by atoms with Gasteiger partial charge in [-0.1, -0.05) is 25.5 Å². The van der Waals surface area contributed by atoms with Crippen molar-refractivity contribution in [2.75, 3.05) is 7.11 Å². The first-order valence-corrected chi connectivity index (χ1v) is 6.93. The highest BCUT2D eigenvalue weighted by Crippen LogP contribution is 2.34. The van der Waals surface area contributed by atoms with Gasteiger partial charge in [-0.3, -0.25) is 11.3 Å². The predicted molar refractivity (Wildman–Crippen MR) is 74.3 cm³/mol. The van der Waals surface area contributed by atoms with Crippen LogP contribution in [0.2, 0.25) is 0 Å². The summed E-state index contributed by atoms with van der Waals surface area (Å²) in [6.45, 7) is 2.26. The second-order valence-electron chi connectivity index (χ2n) is 5.59. The molecule has 19 heavy (non-hydrogen) atoms. The Bertz CT molecular complexity index is 425. The molecule has 1 aliphatic rings. The molecule has 0 amide bonds. The molecular weight excluding hydrogens is 243 g/mol. The largest absolute Gasteiger partial charge is 0.494 e. The number of hydrazine groups is 1. The van der Waals surface area contributed by atoms with Gasteiger partial charge in [-0.25, -0.2) is 4.39 Å². The van der Waals surface area contributed by atoms with Gasteiger partial charge in [-0.2, -0.15) is 0 Å². The average Bonchev–Trinajstić information content (AvgIpc) is 2.84. The van der Waals surface area contributed by atoms with Gasteiger partial charge in [-0.05, 0) is 42.7 Å². The minimum absolute atomic E-state index is 0.131. The molecule has 1 aliphatic carbocycles. The summed E-state index contributed by atoms with van der Waals surface area (Å²) in [6, 6.07) is 5.40. The first-order valence-electron chi connectivity index (χ1n) is 6.93. The van der Waals surface area contributed by atoms with Crippen LogP contribution < -0.4 is 16.0 Å². The van der Waals surface area contributed by atoms with Gasteiger partial charge in [0.15, 0.2) is 11.6 Å². The summed E-state index contributed by atoms with van der Waals surface area (Å²) in [4.78, 5) is 0. The molecule has 0 spiro atoms. The van der Waals surface area contributed by atoms with Gasteiger partial charge in [0.1, 0.15) is 0 Å². The molecule has 1 aromatic carbocycles. The highest BCUT2D eigenvalue weighted by atomic mass is 19.1. The van der Waals surface area contributed by atoms with Crippen molar-refractivity contribution in [1.29, 1.82) is 0 Å². The highest BCUT2D eigenvalue weighted by Gasteiger charge is 2.29. The molecule has 106 valence electrons. The molecular formula is C15H23FN2O. The Morgan fingerprint density at radius 1 is 1.47 bits per heavy atom. The summed E-state index contributed by atoms with van der Waals surface area (Å²) in [7, 11) is 1.49. The molecule has 1 fully saturated rings. The van der Waals surface area contributed by atoms with E-state index in [1.807, 2.05) is 6.07 Å². The lowest BCUT2D eigenvalue weighted by molar-refractivity contribution is 0.344. The Balaban J connectivity index is 2.10. The smallest absolute Gasteiger partial charge is 0.168 e. The van der Waals surface area contributed by atoms with E-state index in [9.17, 15) is 4.39 Å². The van der Waals surface area contributed by atoms with Crippen molar-refractivity contribution in [1.82, 2.24) is 5.43 Å². The van der Waals surface area contributed by atoms with E-state index in [1.165, 1.54) is 26.4 Å². The number of nitrogens with two attached hydrogens (primary N) is 1. The number of methoxy groups -OCH3 is 1. The molecule has 0 bridgehead atoms. The van der Waals surface area contributed by atoms with Crippen molar-refractivity contribution in [3.05, 3.63) is 29.6 Å². The van der Waals surface area contributed by atoms with Gasteiger partial charge in [0.05, 0.1) is 7.11 Å². The Hall–Kier alpha value is -1.13. The van der Waals surface area contributed by atoms with Crippen LogP contribution in [0.3, 0.4) is 0 Å². The molecule has 0 aromatic heterocycles. The van der Waals surface area contributed by atoms with E-state index in [2.05, 4.69) is 12.3 Å². The van der Waals surface area contributed by atoms with Crippen molar-refractivity contribution in [3.8, 4) is 5.75 Å². The van der Waals surface area contributed by atoms with E-state index in [1.54, 1.807) is 12.1 Å². The SMILES string of the molecule is COc1cccc(CC(NN)C2CCC(C)C2)c1F. The summed E-state index contributed by atoms with van der Waals surface area (Å²) in [5, 5.41) is 0. The predicted octanol–water partition coefficient (Wildman–Crippen LogP) is 2.64. The number of nitrogens with one attached hydrogen (secondary N) is 1. The van der Waals surface area contributed by atoms with E-state index in [0.717, 1.165) is 5.92 Å². The van der Waals surface area contributed by atoms with Crippen LogP contribution in [0, 0.1) is 17.7 Å². The summed E-state index contributed by atoms with van der Waals surface area (Å²) >= 11 is 0. The van der Waals surface area contributed by atoms with E-state index in [-0.39, 0.29) is 11.9 Å². The fourth-order valence-corrected chi connectivity index (χ4v) is 3.09. The Kier molecular flexibility index (Phi) is 4.77. The maximum Gasteiger partial charge on any atom is 0.168 e. The van der Waals surface area contributed by atoms with Crippen LogP contribution in [0.25, 0.3) is 0 Å². The minimum Gasteiger partial charge on any atom is -0.494 e. The average molecular weight is 266 g/mol. The quantitative estimate of drug-likeness (QED) is 0.636. The van der Waals surface area contributed by atoms with Crippen LogP contribution >= 0.6 is 0 Å². The summed E-state index contributed by atoms with van der Waals surface area (Å²) in [6.07, 6.45) is 4.18. The summed E-state index contributed by atoms with van der Waals surface area (Å²) in [5.74, 6) is 6.97. The third-order valence-corrected chi connectivity index (χ3v) is 4.22. The third-order valence-electron chi connectivity index (χ3n) is 4.22. The molecule has 3 unspecified atom stereocenters. The highest BCUT2D eigenvalue weighted by molar-refractivity contribution is 5.31. The lowest BCUT2D eigenvalue weighted by atomic mass is 9.91. The number of hydrogen-bond donors (Lipinski definition) is 2. The van der Waals surface area contributed by atoms with Gasteiger partial charge < -0.3 is 4.74 Å². The fourth-order valence-electron chi connectivity index (χ4n) is 3.09. The maximum absolute atomic E-state index is 14.1. The van der Waals surface area contributed by atoms with Gasteiger partial charge in [0.2, 0.25) is 0 Å². The van der Waals surface area contributed by atoms with E-state index >= 15 is 0 Å². The third kappa shape index (κ3) is 3.25. The first kappa shape index (κ1) is 14.3. The van der Waals surface area contributed by atoms with E-state index in [4.69, 9.17) is 10.6 Å². The Morgan fingerprint density at radius 3 is 2.84 bits per heavy atom. The molecule has 4 heteroatoms. The number of rotatable bonds is 5. The molecule has 0 aliphatic heterocycles. The Labute approximate surface area is 114 Å². The molecule has 1 saturated carbocycles. The Morgan fingerprint density at radius 2 is 2.26 bits per heavy atom. The zero-order valence-corrected chi connectivity index (χ0v) is 11.7. The standard InChI is InChI=1S/C15H23FN2O/c1-10-6-7-11(8-10)13(18-17)9-12-4-3-5-14(19-2)15(12)16/h3-5,10-11,13,18H,6-9,17H2,1-2H3. The van der Waals surface area contributed by atoms with Crippen molar-refractivity contribution in [3.63, 3.8) is 0 Å². The number of halogens is 1. The van der Waals surface area contributed by atoms with Crippen LogP contribution in [-0.2, 0) is 6.42 Å². The van der Waals surface area contributed by atoms with Gasteiger partial charge >= 0.3 is 0 Å². The van der Waals surface area contributed by atoms with Crippen LogP contribution in [0.5, 0.6) is 5.75 Å². The van der Waals surface area contributed by atoms with Gasteiger partial charge in [0.25, 0.3) is 0 Å². The molecule has 3 atom stereocenters. The molecule has 1 aromatic rings. The summed E-state index contributed by atoms with van der Waals surface area (Å²) in [5.41, 5.74) is 3.54. The molecule has 0 heterocycles. The van der Waals surface area contributed by atoms with Gasteiger partial charge in [-0.15, -0.1) is 0 Å². The summed E-state index contributed by atoms with van der Waals surface area (Å²) < 4.78 is 19.2. The molecule has 0 saturated heterocycles. The lowest BCUT2D eigenvalue weighted by Crippen LogP contribution is -2.42. The first-order chi connectivity index (χ1) is 9.15. The number of benzene rings is 1. The lowest BCUT2D eigenvalue weighted by Gasteiger charge is -2.23. The van der Waals surface area contributed by atoms with Crippen molar-refractivity contribution in [2.45, 2.75) is 38.6 Å². The van der Waals surface area contributed by atoms with Crippen LogP contribution in [0.1, 0.15) is 31.7 Å². The molecule has 3 nitrogen and oxygen atoms in total. The topological polar surface area (TPSA) is 47.3 Å². The zero-order chi connectivity index (χ0) is 13.8. The van der Waals surface area contributed by atoms with Gasteiger partial charge in [0, 0.05) is 6.04 Å². The van der Waals surface area contributed by atoms with Crippen LogP contribution in [-0.4, -0.2) is 13.2 Å². The maximum atomic E-state index is 14.1. The molecule has 2 rings (SSSR count). The van der Waals surface area contributed by atoms with Crippen LogP contribution in [0.4, 0.5) is 4.39 Å². The fraction of sp³-hybridized carbons (Fsp3) is 0.600. The molecule has 0 radical (unpaired) electrons. The monoisotopic (exact) mass is 266 g/mol. The van der Waals surface area contributed by atoms with Crippen molar-refractivity contribution < 1.29 is 9.13 Å². The van der Waals surface area contributed by atoms with E-state index in [0.29, 0.717) is 23.7 Å². The number of ether oxygens (including phenoxy) is 1. The minimum atomic E-state index is -0.267. The molecule has 3 N–H and O–H groups in total.